The largest absolute Gasteiger partial charge is 0.446 e. The first-order valence-corrected chi connectivity index (χ1v) is 10.6. The van der Waals surface area contributed by atoms with Gasteiger partial charge in [-0.3, -0.25) is 0 Å². The molecule has 0 unspecified atom stereocenters. The van der Waals surface area contributed by atoms with Crippen molar-refractivity contribution >= 4 is 23.8 Å². The molecule has 5 rings (SSSR count). The number of fused-ring (bicyclic) bond motifs is 1. The normalized spacial score (nSPS) is 25.1. The number of anilines is 3. The van der Waals surface area contributed by atoms with Gasteiger partial charge in [0.25, 0.3) is 0 Å². The third-order valence-corrected chi connectivity index (χ3v) is 6.21. The Hall–Kier alpha value is -3.21. The van der Waals surface area contributed by atoms with E-state index in [2.05, 4.69) is 26.7 Å². The summed E-state index contributed by atoms with van der Waals surface area (Å²) in [6.45, 7) is 4.96. The van der Waals surface area contributed by atoms with Crippen LogP contribution >= 0.6 is 0 Å². The van der Waals surface area contributed by atoms with E-state index in [1.807, 2.05) is 0 Å². The molecule has 1 amide bonds. The van der Waals surface area contributed by atoms with E-state index in [0.29, 0.717) is 19.2 Å². The van der Waals surface area contributed by atoms with Gasteiger partial charge in [-0.25, -0.2) is 19.7 Å². The number of aromatic nitrogens is 4. The highest BCUT2D eigenvalue weighted by Crippen LogP contribution is 2.40. The molecule has 2 aromatic heterocycles. The number of nitrogens with two attached hydrogens (primary N) is 2. The number of ether oxygens (including phenoxy) is 2. The zero-order valence-corrected chi connectivity index (χ0v) is 17.4. The van der Waals surface area contributed by atoms with Crippen LogP contribution in [0, 0.1) is 0 Å². The van der Waals surface area contributed by atoms with Crippen LogP contribution < -0.4 is 21.3 Å². The number of nitrogen functional groups attached to an aromatic ring is 1. The number of nitrogens with zero attached hydrogens (tertiary/aromatic N) is 6. The molecular weight excluding hydrogens is 400 g/mol. The fourth-order valence-electron chi connectivity index (χ4n) is 4.53. The smallest absolute Gasteiger partial charge is 0.404 e. The van der Waals surface area contributed by atoms with Crippen molar-refractivity contribution in [2.24, 2.45) is 5.73 Å². The molecule has 1 saturated heterocycles. The third kappa shape index (κ3) is 3.69. The van der Waals surface area contributed by atoms with Crippen molar-refractivity contribution in [1.29, 1.82) is 0 Å². The molecule has 0 bridgehead atoms. The number of carbonyl (C=O) groups excluding carboxylic acids is 1. The Balaban J connectivity index is 1.51. The van der Waals surface area contributed by atoms with Gasteiger partial charge in [-0.1, -0.05) is 0 Å². The minimum atomic E-state index is -0.721. The second-order valence-corrected chi connectivity index (χ2v) is 8.25. The first kappa shape index (κ1) is 19.7. The lowest BCUT2D eigenvalue weighted by Crippen LogP contribution is -2.49. The Morgan fingerprint density at radius 2 is 1.97 bits per heavy atom. The maximum absolute atomic E-state index is 11.0. The van der Waals surface area contributed by atoms with Gasteiger partial charge in [0.05, 0.1) is 24.9 Å². The summed E-state index contributed by atoms with van der Waals surface area (Å²) in [5, 5.41) is 0. The monoisotopic (exact) mass is 426 g/mol. The van der Waals surface area contributed by atoms with Gasteiger partial charge in [-0.15, -0.1) is 0 Å². The van der Waals surface area contributed by atoms with Crippen molar-refractivity contribution in [1.82, 2.24) is 19.9 Å². The van der Waals surface area contributed by atoms with Crippen molar-refractivity contribution in [3.63, 3.8) is 0 Å². The van der Waals surface area contributed by atoms with E-state index in [1.54, 1.807) is 12.4 Å². The van der Waals surface area contributed by atoms with Crippen molar-refractivity contribution in [2.45, 2.75) is 44.4 Å². The van der Waals surface area contributed by atoms with Gasteiger partial charge in [0.15, 0.2) is 0 Å². The second kappa shape index (κ2) is 7.80. The molecule has 31 heavy (non-hydrogen) atoms. The number of carbonyl (C=O) groups is 1. The average Bonchev–Trinajstić information content (AvgIpc) is 3.14. The second-order valence-electron chi connectivity index (χ2n) is 8.25. The van der Waals surface area contributed by atoms with Crippen molar-refractivity contribution in [2.75, 3.05) is 41.8 Å². The fourth-order valence-corrected chi connectivity index (χ4v) is 4.53. The number of amides is 1. The van der Waals surface area contributed by atoms with Gasteiger partial charge in [-0.2, -0.15) is 4.98 Å². The minimum absolute atomic E-state index is 0.128. The molecule has 2 aromatic rings. The predicted molar refractivity (Wildman–Crippen MR) is 114 cm³/mol. The Kier molecular flexibility index (Phi) is 4.97. The van der Waals surface area contributed by atoms with Crippen LogP contribution in [-0.4, -0.2) is 70.5 Å². The number of hydrogen-bond donors (Lipinski definition) is 2. The summed E-state index contributed by atoms with van der Waals surface area (Å²) in [5.74, 6) is 1.84. The molecule has 4 heterocycles. The summed E-state index contributed by atoms with van der Waals surface area (Å²) in [4.78, 5) is 33.8. The zero-order chi connectivity index (χ0) is 21.5. The lowest BCUT2D eigenvalue weighted by Gasteiger charge is -2.41. The van der Waals surface area contributed by atoms with Gasteiger partial charge >= 0.3 is 6.09 Å². The van der Waals surface area contributed by atoms with Crippen LogP contribution in [0.4, 0.5) is 22.5 Å². The van der Waals surface area contributed by atoms with E-state index in [0.717, 1.165) is 55.0 Å². The number of hydrogen-bond acceptors (Lipinski definition) is 10. The molecular formula is C20H26N8O3. The van der Waals surface area contributed by atoms with Gasteiger partial charge in [-0.05, 0) is 13.3 Å². The lowest BCUT2D eigenvalue weighted by molar-refractivity contribution is 0.0452. The fraction of sp³-hybridized carbons (Fsp3) is 0.550. The Labute approximate surface area is 179 Å². The van der Waals surface area contributed by atoms with E-state index < -0.39 is 6.09 Å². The third-order valence-electron chi connectivity index (χ3n) is 6.21. The quantitative estimate of drug-likeness (QED) is 0.717. The summed E-state index contributed by atoms with van der Waals surface area (Å²) in [6, 6.07) is 0.431. The highest BCUT2D eigenvalue weighted by Gasteiger charge is 2.40. The molecule has 1 saturated carbocycles. The SMILES string of the molecule is C[C@H]1COCCN1c1nc(-c2cnc(N)nc2)c2c(n1)N([C@H]1C[C@H](OC(N)=O)C1)CC2. The van der Waals surface area contributed by atoms with E-state index in [-0.39, 0.29) is 24.1 Å². The average molecular weight is 426 g/mol. The van der Waals surface area contributed by atoms with Crippen LogP contribution in [0.3, 0.4) is 0 Å². The van der Waals surface area contributed by atoms with Gasteiger partial charge in [0.2, 0.25) is 11.9 Å². The highest BCUT2D eigenvalue weighted by molar-refractivity contribution is 5.73. The van der Waals surface area contributed by atoms with Crippen LogP contribution in [-0.2, 0) is 15.9 Å². The summed E-state index contributed by atoms with van der Waals surface area (Å²) in [5.41, 5.74) is 13.6. The summed E-state index contributed by atoms with van der Waals surface area (Å²) in [6.07, 6.45) is 4.89. The Bertz CT molecular complexity index is 979. The standard InChI is InChI=1S/C20H26N8O3/c1-11-10-30-5-4-27(11)20-25-16(12-8-23-18(21)24-9-12)15-2-3-28(17(15)26-20)13-6-14(7-13)31-19(22)29/h8-9,11,13-14H,2-7,10H2,1H3,(H2,22,29)(H2,21,23,24)/t11-,13-,14-/m0/s1. The molecule has 164 valence electrons. The van der Waals surface area contributed by atoms with Crippen LogP contribution in [0.25, 0.3) is 11.3 Å². The molecule has 2 fully saturated rings. The van der Waals surface area contributed by atoms with E-state index in [4.69, 9.17) is 30.9 Å². The van der Waals surface area contributed by atoms with Crippen LogP contribution in [0.5, 0.6) is 0 Å². The number of primary amides is 1. The molecule has 4 N–H and O–H groups in total. The zero-order valence-electron chi connectivity index (χ0n) is 17.4. The molecule has 1 aliphatic carbocycles. The number of morpholine rings is 1. The molecule has 11 nitrogen and oxygen atoms in total. The summed E-state index contributed by atoms with van der Waals surface area (Å²) >= 11 is 0. The van der Waals surface area contributed by atoms with Crippen molar-refractivity contribution < 1.29 is 14.3 Å². The maximum atomic E-state index is 11.0. The molecule has 2 aliphatic heterocycles. The molecule has 0 spiro atoms. The van der Waals surface area contributed by atoms with Gasteiger partial charge in [0.1, 0.15) is 11.9 Å². The Morgan fingerprint density at radius 3 is 2.68 bits per heavy atom. The van der Waals surface area contributed by atoms with E-state index in [9.17, 15) is 4.79 Å². The molecule has 3 aliphatic rings. The molecule has 0 radical (unpaired) electrons. The molecule has 0 aromatic carbocycles. The Morgan fingerprint density at radius 1 is 1.19 bits per heavy atom. The minimum Gasteiger partial charge on any atom is -0.446 e. The van der Waals surface area contributed by atoms with Crippen molar-refractivity contribution in [3.05, 3.63) is 18.0 Å². The lowest BCUT2D eigenvalue weighted by atomic mass is 9.88. The van der Waals surface area contributed by atoms with Crippen LogP contribution in [0.2, 0.25) is 0 Å². The topological polar surface area (TPSA) is 146 Å². The highest BCUT2D eigenvalue weighted by atomic mass is 16.6. The van der Waals surface area contributed by atoms with Crippen molar-refractivity contribution in [3.8, 4) is 11.3 Å². The molecule has 1 atom stereocenters. The van der Waals surface area contributed by atoms with Crippen LogP contribution in [0.15, 0.2) is 12.4 Å². The first-order chi connectivity index (χ1) is 15.0. The van der Waals surface area contributed by atoms with Gasteiger partial charge < -0.3 is 30.7 Å². The van der Waals surface area contributed by atoms with Crippen LogP contribution in [0.1, 0.15) is 25.3 Å². The summed E-state index contributed by atoms with van der Waals surface area (Å²) < 4.78 is 10.7. The first-order valence-electron chi connectivity index (χ1n) is 10.6. The summed E-state index contributed by atoms with van der Waals surface area (Å²) in [7, 11) is 0. The number of rotatable bonds is 4. The molecule has 11 heteroatoms. The van der Waals surface area contributed by atoms with Gasteiger partial charge in [0, 0.05) is 55.5 Å². The maximum Gasteiger partial charge on any atom is 0.404 e. The van der Waals surface area contributed by atoms with E-state index in [1.165, 1.54) is 0 Å². The van der Waals surface area contributed by atoms with E-state index >= 15 is 0 Å². The predicted octanol–water partition coefficient (Wildman–Crippen LogP) is 0.730.